The van der Waals surface area contributed by atoms with Crippen LogP contribution >= 0.6 is 0 Å². The highest BCUT2D eigenvalue weighted by atomic mass is 16.4. The highest BCUT2D eigenvalue weighted by molar-refractivity contribution is 5.74. The van der Waals surface area contributed by atoms with Gasteiger partial charge < -0.3 is 16.2 Å². The topological polar surface area (TPSA) is 92.4 Å². The van der Waals surface area contributed by atoms with Gasteiger partial charge in [-0.3, -0.25) is 9.59 Å². The zero-order valence-electron chi connectivity index (χ0n) is 10.0. The molecule has 5 heteroatoms. The number of aliphatic carboxylic acids is 1. The van der Waals surface area contributed by atoms with E-state index >= 15 is 0 Å². The minimum Gasteiger partial charge on any atom is -0.481 e. The van der Waals surface area contributed by atoms with E-state index in [-0.39, 0.29) is 30.7 Å². The smallest absolute Gasteiger partial charge is 0.303 e. The van der Waals surface area contributed by atoms with Crippen molar-refractivity contribution in [2.45, 2.75) is 45.6 Å². The first-order valence-electron chi connectivity index (χ1n) is 5.69. The molecule has 0 saturated carbocycles. The van der Waals surface area contributed by atoms with Crippen LogP contribution in [-0.4, -0.2) is 29.6 Å². The lowest BCUT2D eigenvalue weighted by molar-refractivity contribution is -0.138. The van der Waals surface area contributed by atoms with Crippen molar-refractivity contribution in [2.24, 2.45) is 11.7 Å². The second-order valence-electron chi connectivity index (χ2n) is 4.23. The fourth-order valence-corrected chi connectivity index (χ4v) is 1.67. The SMILES string of the molecule is CCC[C@H](CN[C@@H](C)CC(N)=O)CC(=O)O. The molecule has 4 N–H and O–H groups in total. The van der Waals surface area contributed by atoms with E-state index in [1.54, 1.807) is 0 Å². The van der Waals surface area contributed by atoms with Crippen LogP contribution in [0.3, 0.4) is 0 Å². The van der Waals surface area contributed by atoms with Gasteiger partial charge in [0, 0.05) is 18.9 Å². The van der Waals surface area contributed by atoms with Crippen LogP contribution in [0.4, 0.5) is 0 Å². The summed E-state index contributed by atoms with van der Waals surface area (Å²) in [6.45, 7) is 4.52. The maximum atomic E-state index is 10.6. The van der Waals surface area contributed by atoms with Crippen molar-refractivity contribution in [3.05, 3.63) is 0 Å². The lowest BCUT2D eigenvalue weighted by Crippen LogP contribution is -2.35. The first kappa shape index (κ1) is 14.9. The highest BCUT2D eigenvalue weighted by Gasteiger charge is 2.14. The number of primary amides is 1. The third kappa shape index (κ3) is 8.23. The van der Waals surface area contributed by atoms with Gasteiger partial charge in [-0.2, -0.15) is 0 Å². The fourth-order valence-electron chi connectivity index (χ4n) is 1.67. The Balaban J connectivity index is 3.90. The molecule has 0 aromatic carbocycles. The summed E-state index contributed by atoms with van der Waals surface area (Å²) in [6, 6.07) is 0.00523. The monoisotopic (exact) mass is 230 g/mol. The van der Waals surface area contributed by atoms with Crippen molar-refractivity contribution in [1.82, 2.24) is 5.32 Å². The third-order valence-electron chi connectivity index (χ3n) is 2.42. The standard InChI is InChI=1S/C11H22N2O3/c1-3-4-9(6-11(15)16)7-13-8(2)5-10(12)14/h8-9,13H,3-7H2,1-2H3,(H2,12,14)(H,15,16)/t8-,9-/m0/s1. The van der Waals surface area contributed by atoms with Gasteiger partial charge in [0.15, 0.2) is 0 Å². The van der Waals surface area contributed by atoms with Gasteiger partial charge in [-0.15, -0.1) is 0 Å². The van der Waals surface area contributed by atoms with Crippen LogP contribution in [0.2, 0.25) is 0 Å². The Morgan fingerprint density at radius 3 is 2.44 bits per heavy atom. The molecule has 0 rings (SSSR count). The molecule has 0 aliphatic rings. The molecule has 0 radical (unpaired) electrons. The largest absolute Gasteiger partial charge is 0.481 e. The third-order valence-corrected chi connectivity index (χ3v) is 2.42. The molecule has 2 atom stereocenters. The summed E-state index contributed by atoms with van der Waals surface area (Å²) in [5.74, 6) is -0.995. The summed E-state index contributed by atoms with van der Waals surface area (Å²) in [6.07, 6.45) is 2.29. The van der Waals surface area contributed by atoms with E-state index in [4.69, 9.17) is 10.8 Å². The van der Waals surface area contributed by atoms with Crippen LogP contribution in [0.5, 0.6) is 0 Å². The van der Waals surface area contributed by atoms with Gasteiger partial charge in [0.25, 0.3) is 0 Å². The Morgan fingerprint density at radius 1 is 1.38 bits per heavy atom. The van der Waals surface area contributed by atoms with Crippen LogP contribution in [-0.2, 0) is 9.59 Å². The summed E-state index contributed by atoms with van der Waals surface area (Å²) >= 11 is 0. The van der Waals surface area contributed by atoms with Gasteiger partial charge in [0.05, 0.1) is 0 Å². The molecule has 0 aliphatic carbocycles. The van der Waals surface area contributed by atoms with Gasteiger partial charge in [0.1, 0.15) is 0 Å². The summed E-state index contributed by atoms with van der Waals surface area (Å²) in [5, 5.41) is 11.9. The molecule has 0 saturated heterocycles. The molecule has 94 valence electrons. The minimum absolute atomic E-state index is 0.00523. The Kier molecular flexibility index (Phi) is 7.54. The maximum absolute atomic E-state index is 10.6. The number of amides is 1. The van der Waals surface area contributed by atoms with Crippen LogP contribution < -0.4 is 11.1 Å². The number of carboxylic acids is 1. The number of carbonyl (C=O) groups excluding carboxylic acids is 1. The zero-order valence-corrected chi connectivity index (χ0v) is 10.0. The molecule has 0 aliphatic heterocycles. The van der Waals surface area contributed by atoms with Gasteiger partial charge in [-0.25, -0.2) is 0 Å². The molecule has 0 unspecified atom stereocenters. The van der Waals surface area contributed by atoms with Crippen LogP contribution in [0.15, 0.2) is 0 Å². The van der Waals surface area contributed by atoms with Crippen molar-refractivity contribution >= 4 is 11.9 Å². The van der Waals surface area contributed by atoms with E-state index in [0.29, 0.717) is 6.54 Å². The quantitative estimate of drug-likeness (QED) is 0.544. The van der Waals surface area contributed by atoms with E-state index in [1.807, 2.05) is 13.8 Å². The van der Waals surface area contributed by atoms with E-state index in [9.17, 15) is 9.59 Å². The second kappa shape index (κ2) is 8.10. The van der Waals surface area contributed by atoms with Crippen LogP contribution in [0, 0.1) is 5.92 Å². The molecule has 1 amide bonds. The molecule has 0 heterocycles. The highest BCUT2D eigenvalue weighted by Crippen LogP contribution is 2.10. The first-order chi connectivity index (χ1) is 7.45. The molecule has 5 nitrogen and oxygen atoms in total. The summed E-state index contributed by atoms with van der Waals surface area (Å²) in [7, 11) is 0. The lowest BCUT2D eigenvalue weighted by atomic mass is 9.99. The summed E-state index contributed by atoms with van der Waals surface area (Å²) in [5.41, 5.74) is 5.07. The fraction of sp³-hybridized carbons (Fsp3) is 0.818. The predicted molar refractivity (Wildman–Crippen MR) is 61.9 cm³/mol. The van der Waals surface area contributed by atoms with E-state index in [0.717, 1.165) is 12.8 Å². The van der Waals surface area contributed by atoms with Crippen molar-refractivity contribution in [3.63, 3.8) is 0 Å². The van der Waals surface area contributed by atoms with Crippen LogP contribution in [0.25, 0.3) is 0 Å². The molecule has 0 bridgehead atoms. The average Bonchev–Trinajstić information content (AvgIpc) is 2.12. The van der Waals surface area contributed by atoms with E-state index in [2.05, 4.69) is 5.32 Å². The van der Waals surface area contributed by atoms with Gasteiger partial charge >= 0.3 is 5.97 Å². The average molecular weight is 230 g/mol. The van der Waals surface area contributed by atoms with E-state index < -0.39 is 5.97 Å². The molecule has 0 fully saturated rings. The van der Waals surface area contributed by atoms with Crippen molar-refractivity contribution in [2.75, 3.05) is 6.54 Å². The first-order valence-corrected chi connectivity index (χ1v) is 5.69. The Hall–Kier alpha value is -1.10. The number of hydrogen-bond donors (Lipinski definition) is 3. The number of hydrogen-bond acceptors (Lipinski definition) is 3. The van der Waals surface area contributed by atoms with E-state index in [1.165, 1.54) is 0 Å². The Bertz CT molecular complexity index is 231. The zero-order chi connectivity index (χ0) is 12.6. The number of carbonyl (C=O) groups is 2. The van der Waals surface area contributed by atoms with Gasteiger partial charge in [-0.05, 0) is 25.8 Å². The van der Waals surface area contributed by atoms with Crippen molar-refractivity contribution in [3.8, 4) is 0 Å². The predicted octanol–water partition coefficient (Wildman–Crippen LogP) is 0.731. The number of nitrogens with one attached hydrogen (secondary N) is 1. The maximum Gasteiger partial charge on any atom is 0.303 e. The molecular weight excluding hydrogens is 208 g/mol. The van der Waals surface area contributed by atoms with Crippen LogP contribution in [0.1, 0.15) is 39.5 Å². The Morgan fingerprint density at radius 2 is 2.00 bits per heavy atom. The Labute approximate surface area is 96.4 Å². The molecular formula is C11H22N2O3. The number of rotatable bonds is 9. The van der Waals surface area contributed by atoms with Crippen molar-refractivity contribution < 1.29 is 14.7 Å². The van der Waals surface area contributed by atoms with Gasteiger partial charge in [0.2, 0.25) is 5.91 Å². The normalized spacial score (nSPS) is 14.4. The molecule has 16 heavy (non-hydrogen) atoms. The minimum atomic E-state index is -0.775. The number of nitrogens with two attached hydrogens (primary N) is 1. The molecule has 0 spiro atoms. The molecule has 0 aromatic heterocycles. The lowest BCUT2D eigenvalue weighted by Gasteiger charge is -2.18. The summed E-state index contributed by atoms with van der Waals surface area (Å²) in [4.78, 5) is 21.3. The second-order valence-corrected chi connectivity index (χ2v) is 4.23. The summed E-state index contributed by atoms with van der Waals surface area (Å²) < 4.78 is 0. The van der Waals surface area contributed by atoms with Gasteiger partial charge in [-0.1, -0.05) is 13.3 Å². The molecule has 0 aromatic rings. The number of carboxylic acid groups (broad SMARTS) is 1. The van der Waals surface area contributed by atoms with Crippen molar-refractivity contribution in [1.29, 1.82) is 0 Å².